The van der Waals surface area contributed by atoms with Crippen molar-refractivity contribution in [3.63, 3.8) is 0 Å². The summed E-state index contributed by atoms with van der Waals surface area (Å²) < 4.78 is 5.17. The van der Waals surface area contributed by atoms with E-state index in [4.69, 9.17) is 4.74 Å². The third kappa shape index (κ3) is 3.22. The van der Waals surface area contributed by atoms with E-state index < -0.39 is 0 Å². The molecular weight excluding hydrogens is 194 g/mol. The van der Waals surface area contributed by atoms with E-state index in [2.05, 4.69) is 5.32 Å². The van der Waals surface area contributed by atoms with Crippen molar-refractivity contribution in [1.82, 2.24) is 5.32 Å². The van der Waals surface area contributed by atoms with Crippen molar-refractivity contribution in [3.8, 4) is 0 Å². The third-order valence-electron chi connectivity index (χ3n) is 2.96. The number of rotatable bonds is 5. The zero-order valence-corrected chi connectivity index (χ0v) is 8.99. The van der Waals surface area contributed by atoms with Gasteiger partial charge in [0.25, 0.3) is 0 Å². The normalized spacial score (nSPS) is 21.9. The zero-order valence-electron chi connectivity index (χ0n) is 8.99. The number of esters is 1. The highest BCUT2D eigenvalue weighted by molar-refractivity contribution is 5.84. The van der Waals surface area contributed by atoms with Crippen LogP contribution < -0.4 is 5.32 Å². The number of carbonyl (C=O) groups excluding carboxylic acids is 2. The molecule has 4 nitrogen and oxygen atoms in total. The van der Waals surface area contributed by atoms with Gasteiger partial charge >= 0.3 is 5.97 Å². The fourth-order valence-electron chi connectivity index (χ4n) is 1.56. The van der Waals surface area contributed by atoms with Crippen LogP contribution in [0, 0.1) is 11.8 Å². The molecule has 1 atom stereocenters. The summed E-state index contributed by atoms with van der Waals surface area (Å²) in [5.74, 6) is 0.376. The van der Waals surface area contributed by atoms with Crippen LogP contribution in [0.2, 0.25) is 0 Å². The summed E-state index contributed by atoms with van der Waals surface area (Å²) >= 11 is 0. The highest BCUT2D eigenvalue weighted by Crippen LogP contribution is 2.34. The average molecular weight is 211 g/mol. The molecule has 1 amide bonds. The lowest BCUT2D eigenvalue weighted by Gasteiger charge is -2.12. The van der Waals surface area contributed by atoms with Gasteiger partial charge in [-0.25, -0.2) is 0 Å². The number of carbonyl (C=O) groups is 2. The number of hydrogen-bond acceptors (Lipinski definition) is 3. The van der Waals surface area contributed by atoms with Gasteiger partial charge < -0.3 is 10.1 Å². The lowest BCUT2D eigenvalue weighted by atomic mass is 10.3. The molecule has 1 N–H and O–H groups in total. The Bertz CT molecular complexity index is 269. The van der Waals surface area contributed by atoms with Gasteiger partial charge in [0.05, 0.1) is 0 Å². The van der Waals surface area contributed by atoms with Crippen molar-refractivity contribution >= 4 is 11.9 Å². The van der Waals surface area contributed by atoms with E-state index in [1.54, 1.807) is 0 Å². The van der Waals surface area contributed by atoms with Crippen LogP contribution in [-0.4, -0.2) is 24.5 Å². The van der Waals surface area contributed by atoms with Crippen LogP contribution >= 0.6 is 0 Å². The molecule has 0 aromatic heterocycles. The van der Waals surface area contributed by atoms with Gasteiger partial charge in [0.1, 0.15) is 12.6 Å². The number of hydrogen-bond donors (Lipinski definition) is 1. The molecule has 0 aromatic carbocycles. The molecule has 15 heavy (non-hydrogen) atoms. The monoisotopic (exact) mass is 211 g/mol. The molecule has 2 rings (SSSR count). The Kier molecular flexibility index (Phi) is 2.93. The molecule has 1 unspecified atom stereocenters. The fraction of sp³-hybridized carbons (Fsp3) is 0.818. The summed E-state index contributed by atoms with van der Waals surface area (Å²) in [7, 11) is 0. The summed E-state index contributed by atoms with van der Waals surface area (Å²) in [4.78, 5) is 22.5. The third-order valence-corrected chi connectivity index (χ3v) is 2.96. The maximum atomic E-state index is 11.3. The van der Waals surface area contributed by atoms with Gasteiger partial charge in [-0.3, -0.25) is 9.59 Å². The SMILES string of the molecule is CC(OC(=O)CNC(=O)C1CC1)C1CC1. The molecule has 0 spiro atoms. The highest BCUT2D eigenvalue weighted by Gasteiger charge is 2.32. The second-order valence-electron chi connectivity index (χ2n) is 4.52. The summed E-state index contributed by atoms with van der Waals surface area (Å²) in [5.41, 5.74) is 0. The first-order chi connectivity index (χ1) is 7.16. The van der Waals surface area contributed by atoms with Crippen molar-refractivity contribution in [2.75, 3.05) is 6.54 Å². The fourth-order valence-corrected chi connectivity index (χ4v) is 1.56. The van der Waals surface area contributed by atoms with Crippen molar-refractivity contribution in [2.45, 2.75) is 38.7 Å². The maximum Gasteiger partial charge on any atom is 0.325 e. The van der Waals surface area contributed by atoms with Gasteiger partial charge in [0.15, 0.2) is 0 Å². The Labute approximate surface area is 89.4 Å². The number of ether oxygens (including phenoxy) is 1. The molecule has 2 fully saturated rings. The standard InChI is InChI=1S/C11H17NO3/c1-7(8-2-3-8)15-10(13)6-12-11(14)9-4-5-9/h7-9H,2-6H2,1H3,(H,12,14). The minimum absolute atomic E-state index is 0.00831. The van der Waals surface area contributed by atoms with Crippen molar-refractivity contribution in [1.29, 1.82) is 0 Å². The van der Waals surface area contributed by atoms with E-state index in [-0.39, 0.29) is 30.4 Å². The molecule has 4 heteroatoms. The molecular formula is C11H17NO3. The largest absolute Gasteiger partial charge is 0.461 e. The van der Waals surface area contributed by atoms with Crippen molar-refractivity contribution in [3.05, 3.63) is 0 Å². The molecule has 0 radical (unpaired) electrons. The minimum Gasteiger partial charge on any atom is -0.461 e. The summed E-state index contributed by atoms with van der Waals surface area (Å²) in [6.45, 7) is 1.94. The molecule has 0 heterocycles. The first-order valence-corrected chi connectivity index (χ1v) is 5.64. The minimum atomic E-state index is -0.316. The molecule has 0 aliphatic heterocycles. The Balaban J connectivity index is 1.60. The van der Waals surface area contributed by atoms with Crippen LogP contribution in [-0.2, 0) is 14.3 Å². The van der Waals surface area contributed by atoms with E-state index in [9.17, 15) is 9.59 Å². The van der Waals surface area contributed by atoms with Gasteiger partial charge in [0, 0.05) is 5.92 Å². The Morgan fingerprint density at radius 1 is 1.33 bits per heavy atom. The summed E-state index contributed by atoms with van der Waals surface area (Å²) in [5, 5.41) is 2.60. The number of nitrogens with one attached hydrogen (secondary N) is 1. The molecule has 0 bridgehead atoms. The van der Waals surface area contributed by atoms with E-state index in [0.717, 1.165) is 25.7 Å². The first kappa shape index (κ1) is 10.5. The maximum absolute atomic E-state index is 11.3. The summed E-state index contributed by atoms with van der Waals surface area (Å²) in [6.07, 6.45) is 4.24. The Morgan fingerprint density at radius 3 is 2.53 bits per heavy atom. The van der Waals surface area contributed by atoms with Gasteiger partial charge in [-0.15, -0.1) is 0 Å². The first-order valence-electron chi connectivity index (χ1n) is 5.64. The molecule has 2 saturated carbocycles. The second kappa shape index (κ2) is 4.21. The van der Waals surface area contributed by atoms with Crippen LogP contribution in [0.3, 0.4) is 0 Å². The predicted molar refractivity (Wildman–Crippen MR) is 54.0 cm³/mol. The van der Waals surface area contributed by atoms with Crippen LogP contribution in [0.4, 0.5) is 0 Å². The van der Waals surface area contributed by atoms with Crippen molar-refractivity contribution in [2.24, 2.45) is 11.8 Å². The van der Waals surface area contributed by atoms with E-state index in [1.807, 2.05) is 6.92 Å². The molecule has 84 valence electrons. The van der Waals surface area contributed by atoms with Gasteiger partial charge in [0.2, 0.25) is 5.91 Å². The Hall–Kier alpha value is -1.06. The van der Waals surface area contributed by atoms with E-state index >= 15 is 0 Å². The van der Waals surface area contributed by atoms with Gasteiger partial charge in [-0.1, -0.05) is 0 Å². The van der Waals surface area contributed by atoms with Gasteiger partial charge in [-0.2, -0.15) is 0 Å². The average Bonchev–Trinajstić information content (AvgIpc) is 3.06. The van der Waals surface area contributed by atoms with Crippen LogP contribution in [0.15, 0.2) is 0 Å². The van der Waals surface area contributed by atoms with Crippen LogP contribution in [0.1, 0.15) is 32.6 Å². The molecule has 0 saturated heterocycles. The topological polar surface area (TPSA) is 55.4 Å². The van der Waals surface area contributed by atoms with Crippen LogP contribution in [0.25, 0.3) is 0 Å². The lowest BCUT2D eigenvalue weighted by molar-refractivity contribution is -0.149. The molecule has 2 aliphatic carbocycles. The predicted octanol–water partition coefficient (Wildman–Crippen LogP) is 0.854. The lowest BCUT2D eigenvalue weighted by Crippen LogP contribution is -2.33. The van der Waals surface area contributed by atoms with Crippen LogP contribution in [0.5, 0.6) is 0 Å². The highest BCUT2D eigenvalue weighted by atomic mass is 16.5. The number of amides is 1. The summed E-state index contributed by atoms with van der Waals surface area (Å²) in [6, 6.07) is 0. The second-order valence-corrected chi connectivity index (χ2v) is 4.52. The Morgan fingerprint density at radius 2 is 2.00 bits per heavy atom. The van der Waals surface area contributed by atoms with E-state index in [1.165, 1.54) is 0 Å². The molecule has 2 aliphatic rings. The van der Waals surface area contributed by atoms with Gasteiger partial charge in [-0.05, 0) is 38.5 Å². The van der Waals surface area contributed by atoms with E-state index in [0.29, 0.717) is 5.92 Å². The smallest absolute Gasteiger partial charge is 0.325 e. The quantitative estimate of drug-likeness (QED) is 0.686. The zero-order chi connectivity index (χ0) is 10.8. The van der Waals surface area contributed by atoms with Crippen molar-refractivity contribution < 1.29 is 14.3 Å². The molecule has 0 aromatic rings.